The highest BCUT2D eigenvalue weighted by Gasteiger charge is 2.29. The van der Waals surface area contributed by atoms with Gasteiger partial charge in [-0.1, -0.05) is 11.6 Å². The molecular weight excluding hydrogens is 261 g/mol. The first-order chi connectivity index (χ1) is 8.51. The van der Waals surface area contributed by atoms with E-state index in [1.54, 1.807) is 19.1 Å². The molecule has 2 N–H and O–H groups in total. The lowest BCUT2D eigenvalue weighted by Crippen LogP contribution is -2.31. The molecule has 0 aromatic heterocycles. The minimum absolute atomic E-state index is 0.0959. The van der Waals surface area contributed by atoms with Gasteiger partial charge < -0.3 is 15.2 Å². The van der Waals surface area contributed by atoms with Crippen molar-refractivity contribution in [2.45, 2.75) is 19.1 Å². The molecule has 0 aliphatic carbocycles. The Labute approximate surface area is 110 Å². The Morgan fingerprint density at radius 1 is 1.56 bits per heavy atom. The van der Waals surface area contributed by atoms with Crippen molar-refractivity contribution in [3.63, 3.8) is 0 Å². The van der Waals surface area contributed by atoms with Crippen molar-refractivity contribution in [1.82, 2.24) is 0 Å². The molecule has 1 aromatic rings. The summed E-state index contributed by atoms with van der Waals surface area (Å²) in [6.45, 7) is 1.69. The maximum atomic E-state index is 13.8. The zero-order chi connectivity index (χ0) is 13.7. The first-order valence-corrected chi connectivity index (χ1v) is 5.78. The van der Waals surface area contributed by atoms with Crippen LogP contribution >= 0.6 is 11.6 Å². The zero-order valence-electron chi connectivity index (χ0n) is 10.2. The molecule has 0 aliphatic heterocycles. The second kappa shape index (κ2) is 6.56. The number of rotatable bonds is 5. The molecule has 0 radical (unpaired) electrons. The fourth-order valence-electron chi connectivity index (χ4n) is 1.49. The molecule has 0 spiro atoms. The van der Waals surface area contributed by atoms with Crippen LogP contribution in [-0.4, -0.2) is 25.9 Å². The Morgan fingerprint density at radius 2 is 2.22 bits per heavy atom. The Kier molecular flexibility index (Phi) is 5.37. The summed E-state index contributed by atoms with van der Waals surface area (Å²) >= 11 is 5.81. The molecule has 0 saturated heterocycles. The van der Waals surface area contributed by atoms with Crippen LogP contribution in [0.2, 0.25) is 5.02 Å². The van der Waals surface area contributed by atoms with E-state index in [4.69, 9.17) is 22.1 Å². The van der Waals surface area contributed by atoms with Crippen LogP contribution in [0.5, 0.6) is 5.75 Å². The monoisotopic (exact) mass is 275 g/mol. The van der Waals surface area contributed by atoms with Crippen molar-refractivity contribution in [2.75, 3.05) is 13.7 Å². The average molecular weight is 276 g/mol. The third-order valence-electron chi connectivity index (χ3n) is 2.38. The predicted molar refractivity (Wildman–Crippen MR) is 66.5 cm³/mol. The van der Waals surface area contributed by atoms with Crippen molar-refractivity contribution in [1.29, 1.82) is 0 Å². The van der Waals surface area contributed by atoms with Crippen molar-refractivity contribution in [3.8, 4) is 5.75 Å². The lowest BCUT2D eigenvalue weighted by atomic mass is 10.0. The van der Waals surface area contributed by atoms with E-state index in [2.05, 4.69) is 4.74 Å². The molecule has 0 saturated carbocycles. The van der Waals surface area contributed by atoms with E-state index in [1.165, 1.54) is 13.2 Å². The molecule has 4 nitrogen and oxygen atoms in total. The third kappa shape index (κ3) is 3.34. The number of carbonyl (C=O) groups excluding carboxylic acids is 1. The Hall–Kier alpha value is -1.33. The standard InChI is InChI=1S/C12H15ClFNO3/c1-3-18-12(16)10(14)11(15)8-6-7(13)4-5-9(8)17-2/h4-6,10-11H,3,15H2,1-2H3/t10?,11-/m0/s1. The molecule has 100 valence electrons. The number of halogens is 2. The van der Waals surface area contributed by atoms with Gasteiger partial charge in [0.05, 0.1) is 19.8 Å². The van der Waals surface area contributed by atoms with Crippen LogP contribution in [-0.2, 0) is 9.53 Å². The van der Waals surface area contributed by atoms with E-state index in [9.17, 15) is 9.18 Å². The summed E-state index contributed by atoms with van der Waals surface area (Å²) in [5.41, 5.74) is 6.03. The SMILES string of the molecule is CCOC(=O)C(F)[C@@H](N)c1cc(Cl)ccc1OC. The predicted octanol–water partition coefficient (Wildman–Crippen LogP) is 2.25. The maximum absolute atomic E-state index is 13.8. The summed E-state index contributed by atoms with van der Waals surface area (Å²) in [5.74, 6) is -0.620. The number of alkyl halides is 1. The highest BCUT2D eigenvalue weighted by molar-refractivity contribution is 6.30. The summed E-state index contributed by atoms with van der Waals surface area (Å²) in [5, 5.41) is 0.386. The number of nitrogens with two attached hydrogens (primary N) is 1. The summed E-state index contributed by atoms with van der Waals surface area (Å²) in [4.78, 5) is 11.3. The molecule has 1 rings (SSSR count). The summed E-state index contributed by atoms with van der Waals surface area (Å²) < 4.78 is 23.4. The van der Waals surface area contributed by atoms with Gasteiger partial charge in [0, 0.05) is 10.6 Å². The third-order valence-corrected chi connectivity index (χ3v) is 2.61. The van der Waals surface area contributed by atoms with Crippen LogP contribution in [0.1, 0.15) is 18.5 Å². The van der Waals surface area contributed by atoms with Gasteiger partial charge in [0.25, 0.3) is 0 Å². The number of ether oxygens (including phenoxy) is 2. The van der Waals surface area contributed by atoms with E-state index in [0.29, 0.717) is 16.3 Å². The van der Waals surface area contributed by atoms with Crippen molar-refractivity contribution in [3.05, 3.63) is 28.8 Å². The van der Waals surface area contributed by atoms with Gasteiger partial charge in [-0.25, -0.2) is 9.18 Å². The van der Waals surface area contributed by atoms with E-state index >= 15 is 0 Å². The molecule has 0 aliphatic rings. The van der Waals surface area contributed by atoms with Crippen LogP contribution in [0.25, 0.3) is 0 Å². The van der Waals surface area contributed by atoms with Gasteiger partial charge in [0.2, 0.25) is 6.17 Å². The highest BCUT2D eigenvalue weighted by Crippen LogP contribution is 2.30. The normalized spacial score (nSPS) is 13.8. The smallest absolute Gasteiger partial charge is 0.342 e. The minimum atomic E-state index is -1.96. The van der Waals surface area contributed by atoms with Crippen molar-refractivity contribution < 1.29 is 18.7 Å². The van der Waals surface area contributed by atoms with Crippen molar-refractivity contribution in [2.24, 2.45) is 5.73 Å². The van der Waals surface area contributed by atoms with Gasteiger partial charge in [0.1, 0.15) is 5.75 Å². The average Bonchev–Trinajstić information content (AvgIpc) is 2.37. The van der Waals surface area contributed by atoms with Crippen LogP contribution < -0.4 is 10.5 Å². The van der Waals surface area contributed by atoms with Crippen LogP contribution in [0.3, 0.4) is 0 Å². The molecule has 0 fully saturated rings. The summed E-state index contributed by atoms with van der Waals surface area (Å²) in [7, 11) is 1.43. The number of esters is 1. The molecule has 6 heteroatoms. The van der Waals surface area contributed by atoms with Gasteiger partial charge in [0.15, 0.2) is 0 Å². The van der Waals surface area contributed by atoms with Crippen LogP contribution in [0, 0.1) is 0 Å². The van der Waals surface area contributed by atoms with Gasteiger partial charge in [-0.3, -0.25) is 0 Å². The molecule has 0 bridgehead atoms. The fourth-order valence-corrected chi connectivity index (χ4v) is 1.67. The number of carbonyl (C=O) groups is 1. The number of hydrogen-bond donors (Lipinski definition) is 1. The van der Waals surface area contributed by atoms with E-state index in [-0.39, 0.29) is 6.61 Å². The first kappa shape index (κ1) is 14.7. The van der Waals surface area contributed by atoms with Gasteiger partial charge in [-0.15, -0.1) is 0 Å². The first-order valence-electron chi connectivity index (χ1n) is 5.41. The fraction of sp³-hybridized carbons (Fsp3) is 0.417. The molecule has 0 heterocycles. The summed E-state index contributed by atoms with van der Waals surface area (Å²) in [6.07, 6.45) is -1.96. The number of benzene rings is 1. The molecular formula is C12H15ClFNO3. The number of hydrogen-bond acceptors (Lipinski definition) is 4. The zero-order valence-corrected chi connectivity index (χ0v) is 10.9. The van der Waals surface area contributed by atoms with E-state index in [1.807, 2.05) is 0 Å². The largest absolute Gasteiger partial charge is 0.496 e. The second-order valence-electron chi connectivity index (χ2n) is 3.57. The highest BCUT2D eigenvalue weighted by atomic mass is 35.5. The molecule has 0 amide bonds. The maximum Gasteiger partial charge on any atom is 0.342 e. The van der Waals surface area contributed by atoms with Crippen LogP contribution in [0.15, 0.2) is 18.2 Å². The second-order valence-corrected chi connectivity index (χ2v) is 4.00. The lowest BCUT2D eigenvalue weighted by molar-refractivity contribution is -0.149. The number of methoxy groups -OCH3 is 1. The topological polar surface area (TPSA) is 61.5 Å². The molecule has 18 heavy (non-hydrogen) atoms. The van der Waals surface area contributed by atoms with Gasteiger partial charge in [-0.05, 0) is 25.1 Å². The van der Waals surface area contributed by atoms with E-state index < -0.39 is 18.2 Å². The van der Waals surface area contributed by atoms with Gasteiger partial charge in [-0.2, -0.15) is 0 Å². The molecule has 1 unspecified atom stereocenters. The van der Waals surface area contributed by atoms with Crippen LogP contribution in [0.4, 0.5) is 4.39 Å². The van der Waals surface area contributed by atoms with Crippen molar-refractivity contribution >= 4 is 17.6 Å². The minimum Gasteiger partial charge on any atom is -0.496 e. The van der Waals surface area contributed by atoms with E-state index in [0.717, 1.165) is 0 Å². The Balaban J connectivity index is 2.98. The molecule has 1 aromatic carbocycles. The lowest BCUT2D eigenvalue weighted by Gasteiger charge is -2.18. The van der Waals surface area contributed by atoms with Gasteiger partial charge >= 0.3 is 5.97 Å². The Bertz CT molecular complexity index is 428. The molecule has 2 atom stereocenters. The summed E-state index contributed by atoms with van der Waals surface area (Å²) in [6, 6.07) is 3.44. The quantitative estimate of drug-likeness (QED) is 0.837. The Morgan fingerprint density at radius 3 is 2.78 bits per heavy atom.